The molecule has 1 aliphatic heterocycles. The summed E-state index contributed by atoms with van der Waals surface area (Å²) < 4.78 is 18.4. The molecule has 1 heterocycles. The van der Waals surface area contributed by atoms with Gasteiger partial charge in [-0.3, -0.25) is 4.79 Å². The van der Waals surface area contributed by atoms with Crippen molar-refractivity contribution in [2.75, 3.05) is 6.61 Å². The third-order valence-corrected chi connectivity index (χ3v) is 4.79. The number of carbonyl (C=O) groups excluding carboxylic acids is 1. The van der Waals surface area contributed by atoms with E-state index in [9.17, 15) is 24.5 Å². The topological polar surface area (TPSA) is 99.0 Å². The van der Waals surface area contributed by atoms with Crippen LogP contribution in [0.25, 0.3) is 0 Å². The molecule has 0 aromatic heterocycles. The van der Waals surface area contributed by atoms with Crippen molar-refractivity contribution in [1.82, 2.24) is 5.32 Å². The number of hydrogen-bond acceptors (Lipinski definition) is 5. The molecule has 7 heteroatoms. The molecule has 1 aromatic carbocycles. The van der Waals surface area contributed by atoms with Crippen LogP contribution in [0.4, 0.5) is 4.39 Å². The van der Waals surface area contributed by atoms with Gasteiger partial charge in [-0.25, -0.2) is 4.39 Å². The smallest absolute Gasteiger partial charge is 0.220 e. The lowest BCUT2D eigenvalue weighted by Crippen LogP contribution is -2.64. The molecule has 2 rings (SSSR count). The summed E-state index contributed by atoms with van der Waals surface area (Å²) in [5.74, 6) is -0.484. The largest absolute Gasteiger partial charge is 0.394 e. The summed E-state index contributed by atoms with van der Waals surface area (Å²) in [5, 5.41) is 32.2. The average molecular weight is 369 g/mol. The first kappa shape index (κ1) is 20.8. The van der Waals surface area contributed by atoms with Gasteiger partial charge >= 0.3 is 0 Å². The number of ether oxygens (including phenoxy) is 1. The molecule has 0 saturated carbocycles. The lowest BCUT2D eigenvalue weighted by Gasteiger charge is -2.42. The average Bonchev–Trinajstić information content (AvgIpc) is 2.64. The number of nitrogens with one attached hydrogen (secondary N) is 1. The van der Waals surface area contributed by atoms with Gasteiger partial charge in [0.25, 0.3) is 0 Å². The van der Waals surface area contributed by atoms with Crippen molar-refractivity contribution < 1.29 is 29.2 Å². The highest BCUT2D eigenvalue weighted by molar-refractivity contribution is 5.76. The van der Waals surface area contributed by atoms with E-state index in [0.29, 0.717) is 19.3 Å². The second kappa shape index (κ2) is 9.97. The summed E-state index contributed by atoms with van der Waals surface area (Å²) in [6.45, 7) is 1.46. The Kier molecular flexibility index (Phi) is 7.96. The SMILES string of the molecule is CC[C@@H]1OC(CO)[C@@H](O)C(O)C1NC(=O)CCCCc1ccc(F)cc1. The van der Waals surface area contributed by atoms with E-state index in [2.05, 4.69) is 5.32 Å². The molecule has 1 saturated heterocycles. The van der Waals surface area contributed by atoms with Crippen LogP contribution in [0.15, 0.2) is 24.3 Å². The van der Waals surface area contributed by atoms with Gasteiger partial charge in [0.2, 0.25) is 5.91 Å². The molecule has 3 unspecified atom stereocenters. The van der Waals surface area contributed by atoms with Crippen LogP contribution in [0.3, 0.4) is 0 Å². The maximum Gasteiger partial charge on any atom is 0.220 e. The minimum atomic E-state index is -1.24. The fourth-order valence-corrected chi connectivity index (χ4v) is 3.25. The summed E-state index contributed by atoms with van der Waals surface area (Å²) in [6, 6.07) is 5.60. The lowest BCUT2D eigenvalue weighted by atomic mass is 9.91. The van der Waals surface area contributed by atoms with Gasteiger partial charge in [0.15, 0.2) is 0 Å². The zero-order valence-electron chi connectivity index (χ0n) is 15.0. The van der Waals surface area contributed by atoms with Crippen molar-refractivity contribution in [2.24, 2.45) is 0 Å². The van der Waals surface area contributed by atoms with Gasteiger partial charge in [-0.05, 0) is 43.4 Å². The zero-order chi connectivity index (χ0) is 19.1. The van der Waals surface area contributed by atoms with Crippen LogP contribution < -0.4 is 5.32 Å². The van der Waals surface area contributed by atoms with Crippen LogP contribution in [0.1, 0.15) is 38.2 Å². The van der Waals surface area contributed by atoms with E-state index in [0.717, 1.165) is 18.4 Å². The number of benzene rings is 1. The van der Waals surface area contributed by atoms with Crippen LogP contribution in [-0.2, 0) is 16.0 Å². The Bertz CT molecular complexity index is 566. The van der Waals surface area contributed by atoms with Crippen molar-refractivity contribution in [1.29, 1.82) is 0 Å². The molecule has 146 valence electrons. The molecule has 0 radical (unpaired) electrons. The third kappa shape index (κ3) is 5.48. The second-order valence-corrected chi connectivity index (χ2v) is 6.71. The van der Waals surface area contributed by atoms with Crippen LogP contribution >= 0.6 is 0 Å². The summed E-state index contributed by atoms with van der Waals surface area (Å²) in [5.41, 5.74) is 1.02. The highest BCUT2D eigenvalue weighted by atomic mass is 19.1. The number of unbranched alkanes of at least 4 members (excludes halogenated alkanes) is 1. The highest BCUT2D eigenvalue weighted by Gasteiger charge is 2.43. The Morgan fingerprint density at radius 2 is 1.85 bits per heavy atom. The van der Waals surface area contributed by atoms with Gasteiger partial charge in [0.05, 0.1) is 18.8 Å². The second-order valence-electron chi connectivity index (χ2n) is 6.71. The number of amides is 1. The van der Waals surface area contributed by atoms with E-state index in [-0.39, 0.29) is 11.7 Å². The van der Waals surface area contributed by atoms with Crippen LogP contribution in [0, 0.1) is 5.82 Å². The van der Waals surface area contributed by atoms with Gasteiger partial charge < -0.3 is 25.4 Å². The summed E-state index contributed by atoms with van der Waals surface area (Å²) >= 11 is 0. The maximum atomic E-state index is 12.9. The fourth-order valence-electron chi connectivity index (χ4n) is 3.25. The van der Waals surface area contributed by atoms with Gasteiger partial charge in [-0.1, -0.05) is 19.1 Å². The predicted octanol–water partition coefficient (Wildman–Crippen LogP) is 0.915. The predicted molar refractivity (Wildman–Crippen MR) is 93.9 cm³/mol. The van der Waals surface area contributed by atoms with Gasteiger partial charge in [-0.2, -0.15) is 0 Å². The quantitative estimate of drug-likeness (QED) is 0.511. The molecule has 1 aliphatic rings. The van der Waals surface area contributed by atoms with Crippen LogP contribution in [0.2, 0.25) is 0 Å². The number of halogens is 1. The van der Waals surface area contributed by atoms with E-state index in [1.807, 2.05) is 6.92 Å². The molecular formula is C19H28FNO5. The normalized spacial score (nSPS) is 28.7. The first-order valence-electron chi connectivity index (χ1n) is 9.12. The minimum absolute atomic E-state index is 0.218. The molecule has 1 amide bonds. The Morgan fingerprint density at radius 3 is 2.46 bits per heavy atom. The van der Waals surface area contributed by atoms with E-state index >= 15 is 0 Å². The zero-order valence-corrected chi connectivity index (χ0v) is 15.0. The van der Waals surface area contributed by atoms with Crippen molar-refractivity contribution in [3.8, 4) is 0 Å². The Hall–Kier alpha value is -1.54. The molecule has 5 atom stereocenters. The number of aryl methyl sites for hydroxylation is 1. The molecule has 0 spiro atoms. The van der Waals surface area contributed by atoms with Crippen LogP contribution in [0.5, 0.6) is 0 Å². The standard InChI is InChI=1S/C19H28FNO5/c1-2-14-17(19(25)18(24)15(11-22)26-14)21-16(23)6-4-3-5-12-7-9-13(20)10-8-12/h7-10,14-15,17-19,22,24-25H,2-6,11H2,1H3,(H,21,23)/t14-,15?,17?,18+,19?/m0/s1. The Morgan fingerprint density at radius 1 is 1.15 bits per heavy atom. The van der Waals surface area contributed by atoms with Gasteiger partial charge in [-0.15, -0.1) is 0 Å². The molecule has 1 aromatic rings. The monoisotopic (exact) mass is 369 g/mol. The number of aliphatic hydroxyl groups is 3. The van der Waals surface area contributed by atoms with E-state index in [4.69, 9.17) is 4.74 Å². The molecule has 0 bridgehead atoms. The highest BCUT2D eigenvalue weighted by Crippen LogP contribution is 2.23. The van der Waals surface area contributed by atoms with E-state index in [1.54, 1.807) is 12.1 Å². The van der Waals surface area contributed by atoms with Crippen LogP contribution in [-0.4, -0.2) is 58.3 Å². The molecule has 0 aliphatic carbocycles. The van der Waals surface area contributed by atoms with Crippen molar-refractivity contribution in [3.05, 3.63) is 35.6 Å². The molecule has 6 nitrogen and oxygen atoms in total. The first-order chi connectivity index (χ1) is 12.5. The first-order valence-corrected chi connectivity index (χ1v) is 9.12. The van der Waals surface area contributed by atoms with E-state index < -0.39 is 37.1 Å². The molecule has 4 N–H and O–H groups in total. The number of aliphatic hydroxyl groups excluding tert-OH is 3. The van der Waals surface area contributed by atoms with Gasteiger partial charge in [0, 0.05) is 6.42 Å². The lowest BCUT2D eigenvalue weighted by molar-refractivity contribution is -0.195. The summed E-state index contributed by atoms with van der Waals surface area (Å²) in [6.07, 6.45) is -0.707. The number of rotatable bonds is 8. The summed E-state index contributed by atoms with van der Waals surface area (Å²) in [7, 11) is 0. The fraction of sp³-hybridized carbons (Fsp3) is 0.632. The van der Waals surface area contributed by atoms with E-state index in [1.165, 1.54) is 12.1 Å². The minimum Gasteiger partial charge on any atom is -0.394 e. The molecule has 26 heavy (non-hydrogen) atoms. The van der Waals surface area contributed by atoms with Crippen molar-refractivity contribution >= 4 is 5.91 Å². The Labute approximate surface area is 153 Å². The number of carbonyl (C=O) groups is 1. The number of hydrogen-bond donors (Lipinski definition) is 4. The summed E-state index contributed by atoms with van der Waals surface area (Å²) in [4.78, 5) is 12.2. The Balaban J connectivity index is 1.77. The third-order valence-electron chi connectivity index (χ3n) is 4.79. The maximum absolute atomic E-state index is 12.9. The van der Waals surface area contributed by atoms with Gasteiger partial charge in [0.1, 0.15) is 24.1 Å². The van der Waals surface area contributed by atoms with Crippen molar-refractivity contribution in [3.63, 3.8) is 0 Å². The van der Waals surface area contributed by atoms with Crippen molar-refractivity contribution in [2.45, 2.75) is 69.5 Å². The molecule has 1 fully saturated rings. The molecular weight excluding hydrogens is 341 g/mol.